The molecule has 0 spiro atoms. The van der Waals surface area contributed by atoms with Crippen LogP contribution < -0.4 is 0 Å². The van der Waals surface area contributed by atoms with Crippen molar-refractivity contribution in [1.29, 1.82) is 0 Å². The topological polar surface area (TPSA) is 35.5 Å². The molecule has 0 amide bonds. The molecule has 0 bridgehead atoms. The lowest BCUT2D eigenvalue weighted by Gasteiger charge is -2.73. The van der Waals surface area contributed by atoms with Crippen LogP contribution in [0.3, 0.4) is 0 Å². The van der Waals surface area contributed by atoms with Crippen molar-refractivity contribution in [3.63, 3.8) is 0 Å². The van der Waals surface area contributed by atoms with Gasteiger partial charge in [0.05, 0.1) is 12.7 Å². The number of carbonyl (C=O) groups excluding carboxylic acids is 1. The van der Waals surface area contributed by atoms with Gasteiger partial charge in [-0.2, -0.15) is 0 Å². The average molecular weight is 513 g/mol. The minimum absolute atomic E-state index is 0.0311. The Labute approximate surface area is 227 Å². The second-order valence-corrected chi connectivity index (χ2v) is 15.6. The van der Waals surface area contributed by atoms with E-state index in [-0.39, 0.29) is 16.8 Å². The number of fused-ring (bicyclic) bond motifs is 7. The van der Waals surface area contributed by atoms with Crippen molar-refractivity contribution in [1.82, 2.24) is 0 Å². The largest absolute Gasteiger partial charge is 0.465 e. The van der Waals surface area contributed by atoms with Gasteiger partial charge in [0.15, 0.2) is 0 Å². The van der Waals surface area contributed by atoms with Gasteiger partial charge in [-0.25, -0.2) is 0 Å². The SMILES string of the molecule is C=C(C)[C@@H]1CC[C@]2(COC(=O)CC)CC[C@]3(C)[C@H](CCC4[C@@]5(C)CC[C@H](OC)C(C)(C)[C@@H]5CC[C@]43C)C12. The Morgan fingerprint density at radius 3 is 2.24 bits per heavy atom. The van der Waals surface area contributed by atoms with Gasteiger partial charge in [-0.05, 0) is 122 Å². The first-order valence-corrected chi connectivity index (χ1v) is 15.6. The maximum atomic E-state index is 12.3. The molecule has 0 saturated heterocycles. The van der Waals surface area contributed by atoms with Crippen molar-refractivity contribution in [3.05, 3.63) is 12.2 Å². The first-order valence-electron chi connectivity index (χ1n) is 15.6. The average Bonchev–Trinajstić information content (AvgIpc) is 3.23. The predicted octanol–water partition coefficient (Wildman–Crippen LogP) is 8.61. The number of rotatable bonds is 5. The maximum absolute atomic E-state index is 12.3. The number of hydrogen-bond acceptors (Lipinski definition) is 3. The van der Waals surface area contributed by atoms with Gasteiger partial charge in [0.1, 0.15) is 0 Å². The molecule has 0 heterocycles. The number of carbonyl (C=O) groups is 1. The Morgan fingerprint density at radius 2 is 1.59 bits per heavy atom. The minimum atomic E-state index is -0.0311. The highest BCUT2D eigenvalue weighted by atomic mass is 16.5. The van der Waals surface area contributed by atoms with Crippen LogP contribution in [0.5, 0.6) is 0 Å². The Kier molecular flexibility index (Phi) is 6.82. The van der Waals surface area contributed by atoms with E-state index in [1.165, 1.54) is 69.8 Å². The van der Waals surface area contributed by atoms with E-state index in [0.29, 0.717) is 53.1 Å². The van der Waals surface area contributed by atoms with Crippen LogP contribution >= 0.6 is 0 Å². The van der Waals surface area contributed by atoms with Crippen molar-refractivity contribution in [2.45, 2.75) is 125 Å². The summed E-state index contributed by atoms with van der Waals surface area (Å²) in [7, 11) is 1.93. The second kappa shape index (κ2) is 9.10. The lowest BCUT2D eigenvalue weighted by molar-refractivity contribution is -0.251. The summed E-state index contributed by atoms with van der Waals surface area (Å²) in [6.45, 7) is 22.4. The van der Waals surface area contributed by atoms with E-state index in [0.717, 1.165) is 11.8 Å². The van der Waals surface area contributed by atoms with Gasteiger partial charge in [-0.3, -0.25) is 4.79 Å². The number of ether oxygens (including phenoxy) is 2. The third-order valence-corrected chi connectivity index (χ3v) is 14.3. The Hall–Kier alpha value is -0.830. The number of methoxy groups -OCH3 is 1. The van der Waals surface area contributed by atoms with E-state index in [2.05, 4.69) is 48.1 Å². The molecule has 0 aromatic heterocycles. The van der Waals surface area contributed by atoms with Gasteiger partial charge in [0.25, 0.3) is 0 Å². The molecule has 2 unspecified atom stereocenters. The number of hydrogen-bond donors (Lipinski definition) is 0. The van der Waals surface area contributed by atoms with Crippen molar-refractivity contribution >= 4 is 5.97 Å². The first kappa shape index (κ1) is 27.7. The Bertz CT molecular complexity index is 922. The van der Waals surface area contributed by atoms with Crippen molar-refractivity contribution in [3.8, 4) is 0 Å². The van der Waals surface area contributed by atoms with Crippen LogP contribution in [0.2, 0.25) is 0 Å². The number of allylic oxidation sites excluding steroid dienone is 1. The Morgan fingerprint density at radius 1 is 0.865 bits per heavy atom. The lowest BCUT2D eigenvalue weighted by Crippen LogP contribution is -2.67. The molecule has 0 aliphatic heterocycles. The zero-order valence-corrected chi connectivity index (χ0v) is 25.4. The lowest BCUT2D eigenvalue weighted by atomic mass is 9.32. The van der Waals surface area contributed by atoms with E-state index >= 15 is 0 Å². The molecule has 3 nitrogen and oxygen atoms in total. The van der Waals surface area contributed by atoms with Gasteiger partial charge in [-0.1, -0.05) is 53.7 Å². The molecule has 5 fully saturated rings. The van der Waals surface area contributed by atoms with Crippen molar-refractivity contribution < 1.29 is 14.3 Å². The highest BCUT2D eigenvalue weighted by molar-refractivity contribution is 5.68. The molecule has 10 atom stereocenters. The fraction of sp³-hybridized carbons (Fsp3) is 0.912. The zero-order valence-electron chi connectivity index (χ0n) is 25.4. The summed E-state index contributed by atoms with van der Waals surface area (Å²) >= 11 is 0. The first-order chi connectivity index (χ1) is 17.3. The van der Waals surface area contributed by atoms with Crippen LogP contribution in [-0.4, -0.2) is 25.8 Å². The fourth-order valence-electron chi connectivity index (χ4n) is 12.3. The Balaban J connectivity index is 1.50. The monoisotopic (exact) mass is 512 g/mol. The highest BCUT2D eigenvalue weighted by Gasteiger charge is 2.71. The van der Waals surface area contributed by atoms with Crippen molar-refractivity contribution in [2.24, 2.45) is 56.7 Å². The van der Waals surface area contributed by atoms with Gasteiger partial charge >= 0.3 is 5.97 Å². The van der Waals surface area contributed by atoms with Gasteiger partial charge < -0.3 is 9.47 Å². The van der Waals surface area contributed by atoms with E-state index < -0.39 is 0 Å². The van der Waals surface area contributed by atoms with Crippen LogP contribution in [0.25, 0.3) is 0 Å². The summed E-state index contributed by atoms with van der Waals surface area (Å²) in [6, 6.07) is 0. The normalized spacial score (nSPS) is 50.3. The molecule has 37 heavy (non-hydrogen) atoms. The van der Waals surface area contributed by atoms with E-state index in [1.54, 1.807) is 0 Å². The standard InChI is InChI=1S/C34H56O3/c1-10-28(35)37-21-34-18-13-23(22(2)3)29(34)24-11-12-26-31(6)16-15-27(36-9)30(4,5)25(31)14-17-33(26,8)32(24,7)19-20-34/h23-27,29H,2,10-21H2,1,3-9H3/t23-,24+,25-,26?,27-,29?,31-,32+,33+,34+/m0/s1. The van der Waals surface area contributed by atoms with Crippen LogP contribution in [0.1, 0.15) is 119 Å². The highest BCUT2D eigenvalue weighted by Crippen LogP contribution is 2.77. The molecule has 5 aliphatic carbocycles. The summed E-state index contributed by atoms with van der Waals surface area (Å²) in [4.78, 5) is 12.3. The summed E-state index contributed by atoms with van der Waals surface area (Å²) in [5.41, 5.74) is 2.86. The van der Waals surface area contributed by atoms with Gasteiger partial charge in [0.2, 0.25) is 0 Å². The molecule has 5 aliphatic rings. The van der Waals surface area contributed by atoms with E-state index in [9.17, 15) is 4.79 Å². The molecule has 5 saturated carbocycles. The van der Waals surface area contributed by atoms with Crippen molar-refractivity contribution in [2.75, 3.05) is 13.7 Å². The molecular weight excluding hydrogens is 456 g/mol. The summed E-state index contributed by atoms with van der Waals surface area (Å²) in [5.74, 6) is 3.38. The summed E-state index contributed by atoms with van der Waals surface area (Å²) < 4.78 is 12.0. The van der Waals surface area contributed by atoms with Gasteiger partial charge in [0, 0.05) is 18.9 Å². The zero-order chi connectivity index (χ0) is 27.0. The van der Waals surface area contributed by atoms with Crippen LogP contribution in [0, 0.1) is 56.7 Å². The molecule has 5 rings (SSSR count). The van der Waals surface area contributed by atoms with Crippen LogP contribution in [-0.2, 0) is 14.3 Å². The second-order valence-electron chi connectivity index (χ2n) is 15.6. The fourth-order valence-corrected chi connectivity index (χ4v) is 12.3. The van der Waals surface area contributed by atoms with Crippen LogP contribution in [0.15, 0.2) is 12.2 Å². The predicted molar refractivity (Wildman–Crippen MR) is 151 cm³/mol. The molecule has 0 N–H and O–H groups in total. The molecule has 210 valence electrons. The third-order valence-electron chi connectivity index (χ3n) is 14.3. The van der Waals surface area contributed by atoms with Crippen LogP contribution in [0.4, 0.5) is 0 Å². The summed E-state index contributed by atoms with van der Waals surface area (Å²) in [5, 5.41) is 0. The summed E-state index contributed by atoms with van der Waals surface area (Å²) in [6.07, 6.45) is 13.7. The quantitative estimate of drug-likeness (QED) is 0.273. The molecule has 0 aromatic carbocycles. The molecule has 3 heteroatoms. The smallest absolute Gasteiger partial charge is 0.305 e. The molecule has 0 radical (unpaired) electrons. The number of esters is 1. The molecule has 0 aromatic rings. The van der Waals surface area contributed by atoms with E-state index in [1.807, 2.05) is 14.0 Å². The minimum Gasteiger partial charge on any atom is -0.465 e. The van der Waals surface area contributed by atoms with Gasteiger partial charge in [-0.15, -0.1) is 0 Å². The maximum Gasteiger partial charge on any atom is 0.305 e. The molecular formula is C34H56O3. The third kappa shape index (κ3) is 3.71. The van der Waals surface area contributed by atoms with E-state index in [4.69, 9.17) is 9.47 Å².